The summed E-state index contributed by atoms with van der Waals surface area (Å²) in [7, 11) is 6.26. The lowest BCUT2D eigenvalue weighted by atomic mass is 10.1. The topological polar surface area (TPSA) is 78.1 Å². The van der Waals surface area contributed by atoms with E-state index >= 15 is 0 Å². The minimum absolute atomic E-state index is 0.293. The van der Waals surface area contributed by atoms with Crippen LogP contribution in [0.5, 0.6) is 17.2 Å². The van der Waals surface area contributed by atoms with Gasteiger partial charge in [0.15, 0.2) is 11.5 Å². The smallest absolute Gasteiger partial charge is 0.319 e. The Morgan fingerprint density at radius 3 is 2.42 bits per heavy atom. The predicted molar refractivity (Wildman–Crippen MR) is 99.3 cm³/mol. The van der Waals surface area contributed by atoms with Crippen LogP contribution in [0, 0.1) is 0 Å². The van der Waals surface area contributed by atoms with E-state index in [9.17, 15) is 4.79 Å². The molecule has 0 unspecified atom stereocenters. The number of amides is 2. The molecule has 0 aliphatic heterocycles. The van der Waals surface area contributed by atoms with Gasteiger partial charge in [0.05, 0.1) is 33.1 Å². The van der Waals surface area contributed by atoms with Gasteiger partial charge in [-0.15, -0.1) is 0 Å². The molecule has 140 valence electrons. The van der Waals surface area contributed by atoms with Gasteiger partial charge in [-0.3, -0.25) is 0 Å². The Morgan fingerprint density at radius 1 is 1.00 bits per heavy atom. The molecule has 7 heteroatoms. The molecule has 0 heterocycles. The second-order valence-electron chi connectivity index (χ2n) is 5.38. The summed E-state index contributed by atoms with van der Waals surface area (Å²) < 4.78 is 21.2. The molecule has 2 amide bonds. The van der Waals surface area contributed by atoms with Crippen molar-refractivity contribution in [3.8, 4) is 17.2 Å². The average Bonchev–Trinajstić information content (AvgIpc) is 2.68. The number of methoxy groups -OCH3 is 4. The average molecular weight is 360 g/mol. The highest BCUT2D eigenvalue weighted by molar-refractivity contribution is 5.91. The molecule has 0 aromatic heterocycles. The molecular weight excluding hydrogens is 336 g/mol. The highest BCUT2D eigenvalue weighted by Gasteiger charge is 2.15. The highest BCUT2D eigenvalue weighted by Crippen LogP contribution is 2.34. The number of hydrogen-bond acceptors (Lipinski definition) is 5. The third-order valence-corrected chi connectivity index (χ3v) is 3.85. The number of rotatable bonds is 8. The van der Waals surface area contributed by atoms with Crippen molar-refractivity contribution in [1.29, 1.82) is 0 Å². The van der Waals surface area contributed by atoms with E-state index in [-0.39, 0.29) is 12.1 Å². The number of para-hydroxylation sites is 1. The lowest BCUT2D eigenvalue weighted by Gasteiger charge is -2.18. The zero-order valence-electron chi connectivity index (χ0n) is 15.4. The second-order valence-corrected chi connectivity index (χ2v) is 5.38. The van der Waals surface area contributed by atoms with Crippen LogP contribution in [0.2, 0.25) is 0 Å². The van der Waals surface area contributed by atoms with E-state index in [1.165, 1.54) is 7.11 Å². The standard InChI is InChI=1S/C19H24N2O5/c1-23-14-8-5-7-13(11-14)17(25-3)12-20-19(22)21-15-9-6-10-16(24-2)18(15)26-4/h5-11,17H,12H2,1-4H3,(H2,20,21,22)/t17-/m1/s1. The molecule has 0 spiro atoms. The van der Waals surface area contributed by atoms with Crippen LogP contribution < -0.4 is 24.8 Å². The maximum atomic E-state index is 12.3. The summed E-state index contributed by atoms with van der Waals surface area (Å²) in [4.78, 5) is 12.3. The van der Waals surface area contributed by atoms with E-state index in [4.69, 9.17) is 18.9 Å². The quantitative estimate of drug-likeness (QED) is 0.756. The van der Waals surface area contributed by atoms with Crippen LogP contribution in [-0.2, 0) is 4.74 Å². The van der Waals surface area contributed by atoms with Crippen molar-refractivity contribution >= 4 is 11.7 Å². The molecule has 0 bridgehead atoms. The summed E-state index contributed by atoms with van der Waals surface area (Å²) in [6.45, 7) is 0.293. The van der Waals surface area contributed by atoms with Crippen LogP contribution in [0.4, 0.5) is 10.5 Å². The third kappa shape index (κ3) is 4.80. The SMILES string of the molecule is COc1cccc([C@@H](CNC(=O)Nc2cccc(OC)c2OC)OC)c1. The van der Waals surface area contributed by atoms with Crippen LogP contribution in [-0.4, -0.2) is 41.0 Å². The van der Waals surface area contributed by atoms with Gasteiger partial charge in [0.25, 0.3) is 0 Å². The van der Waals surface area contributed by atoms with Crippen LogP contribution in [0.25, 0.3) is 0 Å². The Balaban J connectivity index is 2.01. The summed E-state index contributed by atoms with van der Waals surface area (Å²) in [5.74, 6) is 1.73. The monoisotopic (exact) mass is 360 g/mol. The van der Waals surface area contributed by atoms with Gasteiger partial charge in [-0.1, -0.05) is 18.2 Å². The zero-order valence-corrected chi connectivity index (χ0v) is 15.4. The van der Waals surface area contributed by atoms with Crippen molar-refractivity contribution in [2.75, 3.05) is 40.3 Å². The summed E-state index contributed by atoms with van der Waals surface area (Å²) in [6.07, 6.45) is -0.303. The Labute approximate surface area is 153 Å². The highest BCUT2D eigenvalue weighted by atomic mass is 16.5. The molecule has 0 saturated carbocycles. The van der Waals surface area contributed by atoms with Crippen molar-refractivity contribution in [1.82, 2.24) is 5.32 Å². The summed E-state index contributed by atoms with van der Waals surface area (Å²) >= 11 is 0. The molecule has 0 aliphatic rings. The number of hydrogen-bond donors (Lipinski definition) is 2. The molecule has 1 atom stereocenters. The number of benzene rings is 2. The van der Waals surface area contributed by atoms with Crippen molar-refractivity contribution in [2.24, 2.45) is 0 Å². The molecule has 0 saturated heterocycles. The zero-order chi connectivity index (χ0) is 18.9. The molecule has 26 heavy (non-hydrogen) atoms. The van der Waals surface area contributed by atoms with Gasteiger partial charge >= 0.3 is 6.03 Å². The van der Waals surface area contributed by atoms with Gasteiger partial charge in [-0.25, -0.2) is 4.79 Å². The molecule has 2 aromatic rings. The van der Waals surface area contributed by atoms with Gasteiger partial charge in [0, 0.05) is 13.7 Å². The molecule has 2 rings (SSSR count). The number of nitrogens with one attached hydrogen (secondary N) is 2. The number of carbonyl (C=O) groups is 1. The Morgan fingerprint density at radius 2 is 1.77 bits per heavy atom. The van der Waals surface area contributed by atoms with Gasteiger partial charge < -0.3 is 29.6 Å². The molecular formula is C19H24N2O5. The van der Waals surface area contributed by atoms with Crippen molar-refractivity contribution in [2.45, 2.75) is 6.10 Å². The predicted octanol–water partition coefficient (Wildman–Crippen LogP) is 3.22. The Hall–Kier alpha value is -2.93. The largest absolute Gasteiger partial charge is 0.497 e. The molecule has 2 aromatic carbocycles. The van der Waals surface area contributed by atoms with Crippen LogP contribution in [0.15, 0.2) is 42.5 Å². The molecule has 0 radical (unpaired) electrons. The minimum atomic E-state index is -0.374. The first-order chi connectivity index (χ1) is 12.6. The first kappa shape index (κ1) is 19.4. The van der Waals surface area contributed by atoms with Crippen LogP contribution in [0.3, 0.4) is 0 Å². The molecule has 0 aliphatic carbocycles. The van der Waals surface area contributed by atoms with Crippen LogP contribution in [0.1, 0.15) is 11.7 Å². The van der Waals surface area contributed by atoms with Crippen molar-refractivity contribution < 1.29 is 23.7 Å². The fourth-order valence-corrected chi connectivity index (χ4v) is 2.52. The maximum absolute atomic E-state index is 12.3. The summed E-state index contributed by atoms with van der Waals surface area (Å²) in [6, 6.07) is 12.4. The maximum Gasteiger partial charge on any atom is 0.319 e. The Bertz CT molecular complexity index is 736. The van der Waals surface area contributed by atoms with Gasteiger partial charge in [-0.05, 0) is 29.8 Å². The second kappa shape index (κ2) is 9.53. The normalized spacial score (nSPS) is 11.4. The van der Waals surface area contributed by atoms with Gasteiger partial charge in [0.2, 0.25) is 0 Å². The fourth-order valence-electron chi connectivity index (χ4n) is 2.52. The first-order valence-corrected chi connectivity index (χ1v) is 8.05. The van der Waals surface area contributed by atoms with E-state index in [1.807, 2.05) is 24.3 Å². The van der Waals surface area contributed by atoms with E-state index < -0.39 is 0 Å². The number of urea groups is 1. The fraction of sp³-hybridized carbons (Fsp3) is 0.316. The minimum Gasteiger partial charge on any atom is -0.497 e. The first-order valence-electron chi connectivity index (χ1n) is 8.05. The lowest BCUT2D eigenvalue weighted by Crippen LogP contribution is -2.33. The third-order valence-electron chi connectivity index (χ3n) is 3.85. The summed E-state index contributed by atoms with van der Waals surface area (Å²) in [5.41, 5.74) is 1.42. The van der Waals surface area contributed by atoms with Crippen LogP contribution >= 0.6 is 0 Å². The molecule has 7 nitrogen and oxygen atoms in total. The molecule has 0 fully saturated rings. The molecule has 2 N–H and O–H groups in total. The van der Waals surface area contributed by atoms with E-state index in [2.05, 4.69) is 10.6 Å². The number of carbonyl (C=O) groups excluding carboxylic acids is 1. The van der Waals surface area contributed by atoms with Crippen molar-refractivity contribution in [3.05, 3.63) is 48.0 Å². The van der Waals surface area contributed by atoms with Gasteiger partial charge in [-0.2, -0.15) is 0 Å². The van der Waals surface area contributed by atoms with Crippen molar-refractivity contribution in [3.63, 3.8) is 0 Å². The summed E-state index contributed by atoms with van der Waals surface area (Å²) in [5, 5.41) is 5.55. The van der Waals surface area contributed by atoms with E-state index in [0.29, 0.717) is 23.7 Å². The number of ether oxygens (including phenoxy) is 4. The lowest BCUT2D eigenvalue weighted by molar-refractivity contribution is 0.104. The van der Waals surface area contributed by atoms with Gasteiger partial charge in [0.1, 0.15) is 5.75 Å². The van der Waals surface area contributed by atoms with E-state index in [0.717, 1.165) is 11.3 Å². The number of anilines is 1. The van der Waals surface area contributed by atoms with E-state index in [1.54, 1.807) is 39.5 Å². The Kier molecular flexibility index (Phi) is 7.11.